The molecular formula is C14H17BrO4. The Morgan fingerprint density at radius 1 is 1.05 bits per heavy atom. The number of carbonyl (C=O) groups excluding carboxylic acids is 2. The van der Waals surface area contributed by atoms with Crippen LogP contribution in [0, 0.1) is 0 Å². The van der Waals surface area contributed by atoms with Crippen LogP contribution in [0.25, 0.3) is 0 Å². The van der Waals surface area contributed by atoms with Crippen LogP contribution >= 0.6 is 15.9 Å². The van der Waals surface area contributed by atoms with Crippen molar-refractivity contribution in [1.29, 1.82) is 0 Å². The van der Waals surface area contributed by atoms with E-state index >= 15 is 0 Å². The topological polar surface area (TPSA) is 52.6 Å². The lowest BCUT2D eigenvalue weighted by atomic mass is 10.2. The quantitative estimate of drug-likeness (QED) is 0.721. The van der Waals surface area contributed by atoms with Crippen LogP contribution in [0.2, 0.25) is 0 Å². The molecule has 5 heteroatoms. The van der Waals surface area contributed by atoms with Crippen molar-refractivity contribution in [3.63, 3.8) is 0 Å². The lowest BCUT2D eigenvalue weighted by Crippen LogP contribution is -2.07. The van der Waals surface area contributed by atoms with Gasteiger partial charge in [0.25, 0.3) is 0 Å². The Morgan fingerprint density at radius 3 is 2.21 bits per heavy atom. The summed E-state index contributed by atoms with van der Waals surface area (Å²) in [5.74, 6) is -0.574. The van der Waals surface area contributed by atoms with Crippen LogP contribution in [0.15, 0.2) is 28.7 Å². The number of benzene rings is 1. The largest absolute Gasteiger partial charge is 0.466 e. The Hall–Kier alpha value is -1.36. The lowest BCUT2D eigenvalue weighted by molar-refractivity contribution is -0.146. The van der Waals surface area contributed by atoms with Gasteiger partial charge in [0, 0.05) is 17.3 Å². The van der Waals surface area contributed by atoms with E-state index in [4.69, 9.17) is 9.47 Å². The Kier molecular flexibility index (Phi) is 7.18. The van der Waals surface area contributed by atoms with Gasteiger partial charge in [-0.3, -0.25) is 9.59 Å². The molecule has 0 aliphatic rings. The molecule has 0 amide bonds. The van der Waals surface area contributed by atoms with E-state index in [1.54, 1.807) is 6.92 Å². The highest BCUT2D eigenvalue weighted by atomic mass is 79.9. The second-order valence-electron chi connectivity index (χ2n) is 3.95. The Bertz CT molecular complexity index is 414. The number of ether oxygens (including phenoxy) is 2. The molecule has 0 aliphatic carbocycles. The monoisotopic (exact) mass is 328 g/mol. The van der Waals surface area contributed by atoms with Gasteiger partial charge in [-0.25, -0.2) is 0 Å². The van der Waals surface area contributed by atoms with Crippen molar-refractivity contribution < 1.29 is 19.1 Å². The van der Waals surface area contributed by atoms with Crippen LogP contribution in [0.1, 0.15) is 31.7 Å². The fourth-order valence-electron chi connectivity index (χ4n) is 1.43. The maximum atomic E-state index is 11.4. The van der Waals surface area contributed by atoms with E-state index in [-0.39, 0.29) is 31.4 Å². The number of hydrogen-bond acceptors (Lipinski definition) is 4. The number of halogens is 1. The van der Waals surface area contributed by atoms with Crippen LogP contribution in [0.5, 0.6) is 0 Å². The summed E-state index contributed by atoms with van der Waals surface area (Å²) in [7, 11) is 0. The molecule has 1 aromatic rings. The molecule has 1 aromatic carbocycles. The maximum absolute atomic E-state index is 11.4. The van der Waals surface area contributed by atoms with E-state index < -0.39 is 0 Å². The fraction of sp³-hybridized carbons (Fsp3) is 0.429. The maximum Gasteiger partial charge on any atom is 0.306 e. The van der Waals surface area contributed by atoms with Gasteiger partial charge in [-0.1, -0.05) is 28.1 Å². The van der Waals surface area contributed by atoms with Gasteiger partial charge < -0.3 is 9.47 Å². The molecule has 0 aromatic heterocycles. The van der Waals surface area contributed by atoms with E-state index in [1.807, 2.05) is 24.3 Å². The molecule has 0 heterocycles. The van der Waals surface area contributed by atoms with E-state index in [0.29, 0.717) is 13.0 Å². The molecule has 19 heavy (non-hydrogen) atoms. The zero-order chi connectivity index (χ0) is 14.1. The third-order valence-corrected chi connectivity index (χ3v) is 2.91. The SMILES string of the molecule is CCOC(=O)CCCC(=O)OCc1ccc(Br)cc1. The van der Waals surface area contributed by atoms with Crippen LogP contribution in [-0.2, 0) is 25.7 Å². The molecule has 0 radical (unpaired) electrons. The Balaban J connectivity index is 2.17. The van der Waals surface area contributed by atoms with E-state index in [1.165, 1.54) is 0 Å². The first-order valence-corrected chi connectivity index (χ1v) is 6.96. The first-order valence-electron chi connectivity index (χ1n) is 6.17. The molecule has 0 aliphatic heterocycles. The second kappa shape index (κ2) is 8.69. The van der Waals surface area contributed by atoms with Crippen molar-refractivity contribution in [2.45, 2.75) is 32.8 Å². The number of esters is 2. The summed E-state index contributed by atoms with van der Waals surface area (Å²) in [6.45, 7) is 2.38. The lowest BCUT2D eigenvalue weighted by Gasteiger charge is -2.05. The summed E-state index contributed by atoms with van der Waals surface area (Å²) < 4.78 is 10.9. The third kappa shape index (κ3) is 6.96. The summed E-state index contributed by atoms with van der Waals surface area (Å²) in [6, 6.07) is 7.56. The zero-order valence-electron chi connectivity index (χ0n) is 10.9. The van der Waals surface area contributed by atoms with Crippen molar-refractivity contribution in [2.24, 2.45) is 0 Å². The zero-order valence-corrected chi connectivity index (χ0v) is 12.4. The highest BCUT2D eigenvalue weighted by Crippen LogP contribution is 2.11. The summed E-state index contributed by atoms with van der Waals surface area (Å²) in [5, 5.41) is 0. The second-order valence-corrected chi connectivity index (χ2v) is 4.86. The van der Waals surface area contributed by atoms with Crippen molar-refractivity contribution in [3.05, 3.63) is 34.3 Å². The Morgan fingerprint density at radius 2 is 1.63 bits per heavy atom. The Labute approximate surface area is 121 Å². The van der Waals surface area contributed by atoms with Crippen LogP contribution in [-0.4, -0.2) is 18.5 Å². The average Bonchev–Trinajstić information content (AvgIpc) is 2.38. The summed E-state index contributed by atoms with van der Waals surface area (Å²) in [5.41, 5.74) is 0.932. The molecule has 1 rings (SSSR count). The highest BCUT2D eigenvalue weighted by molar-refractivity contribution is 9.10. The molecule has 0 unspecified atom stereocenters. The van der Waals surface area contributed by atoms with Gasteiger partial charge in [0.2, 0.25) is 0 Å². The first-order chi connectivity index (χ1) is 9.11. The summed E-state index contributed by atoms with van der Waals surface area (Å²) in [4.78, 5) is 22.5. The predicted molar refractivity (Wildman–Crippen MR) is 74.4 cm³/mol. The molecule has 0 bridgehead atoms. The molecule has 0 spiro atoms. The van der Waals surface area contributed by atoms with E-state index in [2.05, 4.69) is 15.9 Å². The molecule has 4 nitrogen and oxygen atoms in total. The fourth-order valence-corrected chi connectivity index (χ4v) is 1.69. The first kappa shape index (κ1) is 15.7. The third-order valence-electron chi connectivity index (χ3n) is 2.38. The van der Waals surface area contributed by atoms with Gasteiger partial charge in [-0.15, -0.1) is 0 Å². The molecular weight excluding hydrogens is 312 g/mol. The minimum absolute atomic E-state index is 0.231. The predicted octanol–water partition coefficient (Wildman–Crippen LogP) is 3.23. The summed E-state index contributed by atoms with van der Waals surface area (Å²) in [6.07, 6.45) is 0.939. The molecule has 0 atom stereocenters. The van der Waals surface area contributed by atoms with Gasteiger partial charge in [-0.05, 0) is 31.0 Å². The average molecular weight is 329 g/mol. The van der Waals surface area contributed by atoms with Crippen LogP contribution in [0.3, 0.4) is 0 Å². The van der Waals surface area contributed by atoms with Crippen molar-refractivity contribution in [1.82, 2.24) is 0 Å². The normalized spacial score (nSPS) is 10.0. The van der Waals surface area contributed by atoms with Crippen LogP contribution < -0.4 is 0 Å². The van der Waals surface area contributed by atoms with Gasteiger partial charge in [-0.2, -0.15) is 0 Å². The van der Waals surface area contributed by atoms with Gasteiger partial charge in [0.05, 0.1) is 6.61 Å². The van der Waals surface area contributed by atoms with Gasteiger partial charge in [0.1, 0.15) is 6.61 Å². The summed E-state index contributed by atoms with van der Waals surface area (Å²) >= 11 is 3.33. The number of hydrogen-bond donors (Lipinski definition) is 0. The minimum Gasteiger partial charge on any atom is -0.466 e. The van der Waals surface area contributed by atoms with Crippen molar-refractivity contribution >= 4 is 27.9 Å². The van der Waals surface area contributed by atoms with Crippen LogP contribution in [0.4, 0.5) is 0 Å². The molecule has 0 saturated heterocycles. The van der Waals surface area contributed by atoms with Crippen molar-refractivity contribution in [2.75, 3.05) is 6.61 Å². The van der Waals surface area contributed by atoms with E-state index in [9.17, 15) is 9.59 Å². The minimum atomic E-state index is -0.299. The highest BCUT2D eigenvalue weighted by Gasteiger charge is 2.07. The smallest absolute Gasteiger partial charge is 0.306 e. The number of carbonyl (C=O) groups is 2. The molecule has 0 fully saturated rings. The molecule has 0 N–H and O–H groups in total. The van der Waals surface area contributed by atoms with Gasteiger partial charge in [0.15, 0.2) is 0 Å². The number of rotatable bonds is 7. The standard InChI is InChI=1S/C14H17BrO4/c1-2-18-13(16)4-3-5-14(17)19-10-11-6-8-12(15)9-7-11/h6-9H,2-5,10H2,1H3. The van der Waals surface area contributed by atoms with Gasteiger partial charge >= 0.3 is 11.9 Å². The van der Waals surface area contributed by atoms with Crippen molar-refractivity contribution in [3.8, 4) is 0 Å². The molecule has 0 saturated carbocycles. The van der Waals surface area contributed by atoms with E-state index in [0.717, 1.165) is 10.0 Å². The molecule has 104 valence electrons.